The fourth-order valence-electron chi connectivity index (χ4n) is 4.32. The molecule has 3 aromatic carbocycles. The Morgan fingerprint density at radius 3 is 2.06 bits per heavy atom. The molecule has 1 aliphatic heterocycles. The standard InChI is InChI=1S/C27H31NO3/c1-21(28-18-16-27(30,17-19-28)24-10-6-3-7-11-24)26(29)23-12-14-25(15-13-23)31-20-22-8-4-2-5-9-22/h2-15,21,26,29-30H,16-20H2,1H3/t21-,26-/m1/s1/i1+2. The molecule has 0 amide bonds. The number of nitrogens with zero attached hydrogens (tertiary/aromatic N) is 1. The Kier molecular flexibility index (Phi) is 6.71. The van der Waals surface area contributed by atoms with Crippen molar-refractivity contribution < 1.29 is 14.9 Å². The van der Waals surface area contributed by atoms with E-state index in [1.165, 1.54) is 0 Å². The molecule has 3 aromatic rings. The molecule has 0 radical (unpaired) electrons. The van der Waals surface area contributed by atoms with E-state index in [9.17, 15) is 10.2 Å². The van der Waals surface area contributed by atoms with Crippen LogP contribution in [0.3, 0.4) is 0 Å². The second-order valence-corrected chi connectivity index (χ2v) is 8.46. The SMILES string of the molecule is [14CH3][C@H]([C@@H](O)c1ccc(OCc2ccccc2)cc1)N1CCC(O)(c2ccccc2)CC1. The van der Waals surface area contributed by atoms with Gasteiger partial charge in [0, 0.05) is 19.1 Å². The molecule has 1 heterocycles. The molecule has 1 aliphatic rings. The zero-order valence-electron chi connectivity index (χ0n) is 18.0. The van der Waals surface area contributed by atoms with E-state index in [-0.39, 0.29) is 6.04 Å². The lowest BCUT2D eigenvalue weighted by atomic mass is 9.84. The maximum absolute atomic E-state index is 11.1. The van der Waals surface area contributed by atoms with Gasteiger partial charge in [-0.2, -0.15) is 0 Å². The number of piperidine rings is 1. The average Bonchev–Trinajstić information content (AvgIpc) is 2.84. The van der Waals surface area contributed by atoms with E-state index < -0.39 is 11.7 Å². The highest BCUT2D eigenvalue weighted by atomic mass is 16.5. The lowest BCUT2D eigenvalue weighted by molar-refractivity contribution is -0.0501. The molecular weight excluding hydrogens is 388 g/mol. The summed E-state index contributed by atoms with van der Waals surface area (Å²) in [5, 5.41) is 22.0. The summed E-state index contributed by atoms with van der Waals surface area (Å²) in [6, 6.07) is 27.6. The Hall–Kier alpha value is -2.66. The molecule has 2 atom stereocenters. The van der Waals surface area contributed by atoms with E-state index in [2.05, 4.69) is 11.8 Å². The minimum absolute atomic E-state index is 0.0311. The van der Waals surface area contributed by atoms with Crippen LogP contribution in [0, 0.1) is 0 Å². The molecule has 0 aliphatic carbocycles. The molecule has 0 unspecified atom stereocenters. The van der Waals surface area contributed by atoms with E-state index in [0.717, 1.165) is 35.5 Å². The summed E-state index contributed by atoms with van der Waals surface area (Å²) in [5.41, 5.74) is 2.21. The predicted molar refractivity (Wildman–Crippen MR) is 123 cm³/mol. The second-order valence-electron chi connectivity index (χ2n) is 8.46. The van der Waals surface area contributed by atoms with Crippen LogP contribution in [0.15, 0.2) is 84.9 Å². The third-order valence-corrected chi connectivity index (χ3v) is 6.44. The van der Waals surface area contributed by atoms with Crippen LogP contribution in [0.4, 0.5) is 0 Å². The number of hydrogen-bond donors (Lipinski definition) is 2. The molecule has 162 valence electrons. The van der Waals surface area contributed by atoms with Crippen LogP contribution in [-0.2, 0) is 12.2 Å². The molecule has 0 bridgehead atoms. The first-order valence-corrected chi connectivity index (χ1v) is 11.0. The van der Waals surface area contributed by atoms with Crippen molar-refractivity contribution in [2.45, 2.75) is 44.1 Å². The number of ether oxygens (including phenoxy) is 1. The van der Waals surface area contributed by atoms with Gasteiger partial charge >= 0.3 is 0 Å². The van der Waals surface area contributed by atoms with Gasteiger partial charge < -0.3 is 14.9 Å². The van der Waals surface area contributed by atoms with Gasteiger partial charge in [-0.3, -0.25) is 4.90 Å². The van der Waals surface area contributed by atoms with Gasteiger partial charge in [-0.05, 0) is 48.6 Å². The van der Waals surface area contributed by atoms with E-state index >= 15 is 0 Å². The number of aliphatic hydroxyl groups is 2. The van der Waals surface area contributed by atoms with Gasteiger partial charge in [0.1, 0.15) is 12.4 Å². The highest BCUT2D eigenvalue weighted by Gasteiger charge is 2.36. The van der Waals surface area contributed by atoms with E-state index in [1.54, 1.807) is 0 Å². The summed E-state index contributed by atoms with van der Waals surface area (Å²) in [4.78, 5) is 2.27. The maximum Gasteiger partial charge on any atom is 0.119 e. The summed E-state index contributed by atoms with van der Waals surface area (Å²) in [6.07, 6.45) is 0.742. The van der Waals surface area contributed by atoms with Crippen molar-refractivity contribution in [1.82, 2.24) is 4.90 Å². The minimum Gasteiger partial charge on any atom is -0.489 e. The summed E-state index contributed by atoms with van der Waals surface area (Å²) in [6.45, 7) is 4.08. The van der Waals surface area contributed by atoms with Crippen molar-refractivity contribution in [2.75, 3.05) is 13.1 Å². The third-order valence-electron chi connectivity index (χ3n) is 6.44. The van der Waals surface area contributed by atoms with Crippen molar-refractivity contribution in [3.8, 4) is 5.75 Å². The predicted octanol–water partition coefficient (Wildman–Crippen LogP) is 4.67. The zero-order valence-corrected chi connectivity index (χ0v) is 18.0. The van der Waals surface area contributed by atoms with Gasteiger partial charge in [0.15, 0.2) is 0 Å². The Balaban J connectivity index is 1.32. The van der Waals surface area contributed by atoms with Crippen molar-refractivity contribution in [3.05, 3.63) is 102 Å². The number of rotatable bonds is 7. The molecule has 4 rings (SSSR count). The van der Waals surface area contributed by atoms with Gasteiger partial charge in [-0.25, -0.2) is 0 Å². The molecule has 0 spiro atoms. The first-order chi connectivity index (χ1) is 15.0. The van der Waals surface area contributed by atoms with Gasteiger partial charge in [0.2, 0.25) is 0 Å². The lowest BCUT2D eigenvalue weighted by Gasteiger charge is -2.42. The maximum atomic E-state index is 11.1. The average molecular weight is 420 g/mol. The van der Waals surface area contributed by atoms with E-state index in [4.69, 9.17) is 4.74 Å². The first kappa shape index (κ1) is 21.6. The highest BCUT2D eigenvalue weighted by Crippen LogP contribution is 2.35. The summed E-state index contributed by atoms with van der Waals surface area (Å²) < 4.78 is 5.85. The summed E-state index contributed by atoms with van der Waals surface area (Å²) in [7, 11) is 0. The molecule has 1 fully saturated rings. The fourth-order valence-corrected chi connectivity index (χ4v) is 4.32. The van der Waals surface area contributed by atoms with Crippen molar-refractivity contribution in [1.29, 1.82) is 0 Å². The Bertz CT molecular complexity index is 935. The first-order valence-electron chi connectivity index (χ1n) is 11.0. The van der Waals surface area contributed by atoms with Gasteiger partial charge in [0.25, 0.3) is 0 Å². The van der Waals surface area contributed by atoms with Gasteiger partial charge in [-0.1, -0.05) is 72.8 Å². The van der Waals surface area contributed by atoms with Crippen molar-refractivity contribution in [2.24, 2.45) is 0 Å². The number of aliphatic hydroxyl groups excluding tert-OH is 1. The van der Waals surface area contributed by atoms with Crippen molar-refractivity contribution in [3.63, 3.8) is 0 Å². The lowest BCUT2D eigenvalue weighted by Crippen LogP contribution is -2.47. The fraction of sp³-hybridized carbons (Fsp3) is 0.333. The minimum atomic E-state index is -0.778. The van der Waals surface area contributed by atoms with Crippen LogP contribution in [0.1, 0.15) is 42.6 Å². The smallest absolute Gasteiger partial charge is 0.119 e. The van der Waals surface area contributed by atoms with Crippen LogP contribution < -0.4 is 4.74 Å². The number of hydrogen-bond acceptors (Lipinski definition) is 4. The Morgan fingerprint density at radius 2 is 1.45 bits per heavy atom. The van der Waals surface area contributed by atoms with Gasteiger partial charge in [-0.15, -0.1) is 0 Å². The van der Waals surface area contributed by atoms with Crippen LogP contribution in [-0.4, -0.2) is 34.2 Å². The second kappa shape index (κ2) is 9.65. The Morgan fingerprint density at radius 1 is 0.871 bits per heavy atom. The highest BCUT2D eigenvalue weighted by molar-refractivity contribution is 5.30. The molecular formula is C27H31NO3. The topological polar surface area (TPSA) is 52.9 Å². The zero-order chi connectivity index (χ0) is 21.7. The number of likely N-dealkylation sites (tertiary alicyclic amines) is 1. The molecule has 0 saturated carbocycles. The molecule has 31 heavy (non-hydrogen) atoms. The van der Waals surface area contributed by atoms with E-state index in [1.807, 2.05) is 84.9 Å². The van der Waals surface area contributed by atoms with Crippen LogP contribution in [0.5, 0.6) is 5.75 Å². The molecule has 1 saturated heterocycles. The largest absolute Gasteiger partial charge is 0.489 e. The van der Waals surface area contributed by atoms with Crippen LogP contribution >= 0.6 is 0 Å². The molecule has 4 nitrogen and oxygen atoms in total. The summed E-state index contributed by atoms with van der Waals surface area (Å²) >= 11 is 0. The normalized spacial score (nSPS) is 18.3. The number of benzene rings is 3. The summed E-state index contributed by atoms with van der Waals surface area (Å²) in [5.74, 6) is 0.790. The van der Waals surface area contributed by atoms with Gasteiger partial charge in [0.05, 0.1) is 11.7 Å². The molecule has 0 aromatic heterocycles. The quantitative estimate of drug-likeness (QED) is 0.584. The monoisotopic (exact) mass is 419 g/mol. The van der Waals surface area contributed by atoms with Crippen molar-refractivity contribution >= 4 is 0 Å². The van der Waals surface area contributed by atoms with Crippen LogP contribution in [0.25, 0.3) is 0 Å². The molecule has 4 heteroatoms. The van der Waals surface area contributed by atoms with E-state index in [0.29, 0.717) is 19.4 Å². The molecule has 2 N–H and O–H groups in total. The third kappa shape index (κ3) is 5.16. The van der Waals surface area contributed by atoms with Crippen LogP contribution in [0.2, 0.25) is 0 Å². The Labute approximate surface area is 184 Å².